The Hall–Kier alpha value is -2.61. The number of amides is 1. The molecule has 0 saturated carbocycles. The quantitative estimate of drug-likeness (QED) is 0.258. The highest BCUT2D eigenvalue weighted by Gasteiger charge is 2.16. The molecule has 9 heteroatoms. The third-order valence-electron chi connectivity index (χ3n) is 4.89. The average Bonchev–Trinajstić information content (AvgIpc) is 3.36. The Labute approximate surface area is 200 Å². The van der Waals surface area contributed by atoms with Crippen LogP contribution in [0.25, 0.3) is 16.2 Å². The number of fused-ring (bicyclic) bond motifs is 1. The van der Waals surface area contributed by atoms with Crippen LogP contribution in [0.15, 0.2) is 47.8 Å². The predicted octanol–water partition coefficient (Wildman–Crippen LogP) is 6.98. The van der Waals surface area contributed by atoms with Gasteiger partial charge in [-0.05, 0) is 48.9 Å². The topological polar surface area (TPSA) is 68.5 Å². The number of nitrogens with one attached hydrogen (secondary N) is 1. The molecular formula is C23H22Cl2N4O2S. The number of hydrogen-bond acceptors (Lipinski definition) is 5. The fourth-order valence-corrected chi connectivity index (χ4v) is 4.42. The van der Waals surface area contributed by atoms with Crippen molar-refractivity contribution in [2.75, 3.05) is 11.9 Å². The first-order valence-corrected chi connectivity index (χ1v) is 12.0. The Morgan fingerprint density at radius 2 is 1.94 bits per heavy atom. The van der Waals surface area contributed by atoms with Crippen LogP contribution in [0.5, 0.6) is 5.75 Å². The van der Waals surface area contributed by atoms with Crippen LogP contribution in [0.3, 0.4) is 0 Å². The molecule has 32 heavy (non-hydrogen) atoms. The van der Waals surface area contributed by atoms with Crippen LogP contribution >= 0.6 is 34.5 Å². The van der Waals surface area contributed by atoms with Crippen LogP contribution in [-0.2, 0) is 0 Å². The highest BCUT2D eigenvalue weighted by Crippen LogP contribution is 2.33. The Morgan fingerprint density at radius 3 is 2.72 bits per heavy atom. The van der Waals surface area contributed by atoms with Gasteiger partial charge in [0.1, 0.15) is 5.75 Å². The minimum Gasteiger partial charge on any atom is -0.494 e. The molecule has 4 rings (SSSR count). The van der Waals surface area contributed by atoms with Crippen LogP contribution in [-0.4, -0.2) is 27.1 Å². The average molecular weight is 489 g/mol. The molecule has 0 atom stereocenters. The number of unbranched alkanes of at least 4 members (excludes halogenated alkanes) is 3. The summed E-state index contributed by atoms with van der Waals surface area (Å²) in [5, 5.41) is 10.2. The van der Waals surface area contributed by atoms with E-state index >= 15 is 0 Å². The van der Waals surface area contributed by atoms with Gasteiger partial charge in [-0.2, -0.15) is 4.98 Å². The van der Waals surface area contributed by atoms with Crippen LogP contribution in [0.4, 0.5) is 5.95 Å². The Kier molecular flexibility index (Phi) is 7.29. The second-order valence-electron chi connectivity index (χ2n) is 7.26. The van der Waals surface area contributed by atoms with Crippen LogP contribution in [0, 0.1) is 0 Å². The highest BCUT2D eigenvalue weighted by molar-refractivity contribution is 7.15. The highest BCUT2D eigenvalue weighted by atomic mass is 35.5. The van der Waals surface area contributed by atoms with Gasteiger partial charge in [0.05, 0.1) is 17.3 Å². The lowest BCUT2D eigenvalue weighted by Gasteiger charge is -2.07. The number of hydrogen-bond donors (Lipinski definition) is 1. The number of aromatic nitrogens is 3. The molecule has 166 valence electrons. The lowest BCUT2D eigenvalue weighted by atomic mass is 10.2. The molecule has 2 aromatic heterocycles. The van der Waals surface area contributed by atoms with Crippen molar-refractivity contribution in [1.29, 1.82) is 0 Å². The normalized spacial score (nSPS) is 11.1. The third kappa shape index (κ3) is 5.23. The van der Waals surface area contributed by atoms with Crippen molar-refractivity contribution in [1.82, 2.24) is 14.6 Å². The molecular weight excluding hydrogens is 467 g/mol. The van der Waals surface area contributed by atoms with Crippen molar-refractivity contribution < 1.29 is 9.53 Å². The standard InChI is InChI=1S/C23H22Cl2N4O2S/c1-2-3-4-5-12-31-17-9-6-15(7-10-17)21(30)26-22-27-23-29(28-22)20(14-32-23)18-13-16(24)8-11-19(18)25/h6-11,13-14H,2-5,12H2,1H3,(H,26,28,30). The first-order valence-electron chi connectivity index (χ1n) is 10.4. The number of thiazole rings is 1. The summed E-state index contributed by atoms with van der Waals surface area (Å²) in [4.78, 5) is 17.7. The third-order valence-corrected chi connectivity index (χ3v) is 6.28. The molecule has 0 saturated heterocycles. The Bertz CT molecular complexity index is 1220. The number of ether oxygens (including phenoxy) is 1. The fraction of sp³-hybridized carbons (Fsp3) is 0.261. The van der Waals surface area contributed by atoms with Crippen molar-refractivity contribution in [3.63, 3.8) is 0 Å². The maximum atomic E-state index is 12.6. The number of rotatable bonds is 9. The van der Waals surface area contributed by atoms with Gasteiger partial charge >= 0.3 is 0 Å². The molecule has 0 fully saturated rings. The van der Waals surface area contributed by atoms with Crippen LogP contribution in [0.2, 0.25) is 10.0 Å². The molecule has 1 N–H and O–H groups in total. The maximum absolute atomic E-state index is 12.6. The van der Waals surface area contributed by atoms with E-state index in [-0.39, 0.29) is 11.9 Å². The SMILES string of the molecule is CCCCCCOc1ccc(C(=O)Nc2nc3scc(-c4cc(Cl)ccc4Cl)n3n2)cc1. The van der Waals surface area contributed by atoms with E-state index in [0.29, 0.717) is 27.2 Å². The zero-order valence-corrected chi connectivity index (χ0v) is 19.8. The molecule has 6 nitrogen and oxygen atoms in total. The largest absolute Gasteiger partial charge is 0.494 e. The number of anilines is 1. The lowest BCUT2D eigenvalue weighted by Crippen LogP contribution is -2.13. The van der Waals surface area contributed by atoms with Crippen LogP contribution in [0.1, 0.15) is 43.0 Å². The molecule has 0 unspecified atom stereocenters. The lowest BCUT2D eigenvalue weighted by molar-refractivity contribution is 0.102. The van der Waals surface area contributed by atoms with E-state index < -0.39 is 0 Å². The summed E-state index contributed by atoms with van der Waals surface area (Å²) in [7, 11) is 0. The summed E-state index contributed by atoms with van der Waals surface area (Å²) in [6, 6.07) is 12.3. The minimum atomic E-state index is -0.292. The molecule has 0 radical (unpaired) electrons. The monoisotopic (exact) mass is 488 g/mol. The maximum Gasteiger partial charge on any atom is 0.258 e. The van der Waals surface area contributed by atoms with Gasteiger partial charge in [-0.25, -0.2) is 4.52 Å². The molecule has 0 aliphatic carbocycles. The van der Waals surface area contributed by atoms with Gasteiger partial charge < -0.3 is 4.74 Å². The summed E-state index contributed by atoms with van der Waals surface area (Å²) in [5.41, 5.74) is 2.00. The molecule has 2 heterocycles. The molecule has 0 aliphatic heterocycles. The van der Waals surface area contributed by atoms with E-state index in [2.05, 4.69) is 22.3 Å². The van der Waals surface area contributed by atoms with Crippen molar-refractivity contribution in [3.8, 4) is 17.0 Å². The predicted molar refractivity (Wildman–Crippen MR) is 130 cm³/mol. The smallest absolute Gasteiger partial charge is 0.258 e. The first kappa shape index (κ1) is 22.6. The van der Waals surface area contributed by atoms with Crippen molar-refractivity contribution in [2.45, 2.75) is 32.6 Å². The second kappa shape index (κ2) is 10.3. The molecule has 1 amide bonds. The van der Waals surface area contributed by atoms with Crippen LogP contribution < -0.4 is 10.1 Å². The second-order valence-corrected chi connectivity index (χ2v) is 8.94. The zero-order chi connectivity index (χ0) is 22.5. The van der Waals surface area contributed by atoms with Crippen molar-refractivity contribution in [3.05, 3.63) is 63.5 Å². The zero-order valence-electron chi connectivity index (χ0n) is 17.5. The molecule has 4 aromatic rings. The van der Waals surface area contributed by atoms with E-state index in [4.69, 9.17) is 27.9 Å². The summed E-state index contributed by atoms with van der Waals surface area (Å²) in [5.74, 6) is 0.680. The number of halogens is 2. The van der Waals surface area contributed by atoms with E-state index in [1.807, 2.05) is 5.38 Å². The fourth-order valence-electron chi connectivity index (χ4n) is 3.21. The van der Waals surface area contributed by atoms with Gasteiger partial charge in [0.25, 0.3) is 11.9 Å². The van der Waals surface area contributed by atoms with E-state index in [1.54, 1.807) is 47.0 Å². The molecule has 0 spiro atoms. The number of carbonyl (C=O) groups excluding carboxylic acids is 1. The van der Waals surface area contributed by atoms with Gasteiger partial charge in [0.15, 0.2) is 0 Å². The van der Waals surface area contributed by atoms with E-state index in [0.717, 1.165) is 29.8 Å². The number of carbonyl (C=O) groups is 1. The summed E-state index contributed by atoms with van der Waals surface area (Å²) in [6.45, 7) is 2.86. The van der Waals surface area contributed by atoms with Gasteiger partial charge in [-0.3, -0.25) is 10.1 Å². The van der Waals surface area contributed by atoms with Crippen molar-refractivity contribution in [2.24, 2.45) is 0 Å². The van der Waals surface area contributed by atoms with Crippen molar-refractivity contribution >= 4 is 51.4 Å². The summed E-state index contributed by atoms with van der Waals surface area (Å²) in [6.07, 6.45) is 4.61. The number of benzene rings is 2. The van der Waals surface area contributed by atoms with E-state index in [1.165, 1.54) is 24.2 Å². The first-order chi connectivity index (χ1) is 15.5. The van der Waals surface area contributed by atoms with Gasteiger partial charge in [-0.15, -0.1) is 16.4 Å². The Morgan fingerprint density at radius 1 is 1.12 bits per heavy atom. The summed E-state index contributed by atoms with van der Waals surface area (Å²) < 4.78 is 7.38. The molecule has 0 bridgehead atoms. The molecule has 0 aliphatic rings. The summed E-state index contributed by atoms with van der Waals surface area (Å²) >= 11 is 13.9. The number of nitrogens with zero attached hydrogens (tertiary/aromatic N) is 3. The van der Waals surface area contributed by atoms with Gasteiger partial charge in [-0.1, -0.05) is 49.4 Å². The Balaban J connectivity index is 1.43. The van der Waals surface area contributed by atoms with Gasteiger partial charge in [0.2, 0.25) is 4.96 Å². The van der Waals surface area contributed by atoms with E-state index in [9.17, 15) is 4.79 Å². The molecule has 2 aromatic carbocycles. The minimum absolute atomic E-state index is 0.220. The van der Waals surface area contributed by atoms with Gasteiger partial charge in [0, 0.05) is 21.5 Å².